The maximum atomic E-state index is 13.6. The molecule has 0 saturated heterocycles. The van der Waals surface area contributed by atoms with Crippen molar-refractivity contribution in [1.29, 1.82) is 0 Å². The molecule has 0 spiro atoms. The van der Waals surface area contributed by atoms with Crippen molar-refractivity contribution in [3.05, 3.63) is 35.9 Å². The van der Waals surface area contributed by atoms with Crippen molar-refractivity contribution in [2.45, 2.75) is 0 Å². The van der Waals surface area contributed by atoms with Crippen LogP contribution < -0.4 is 4.74 Å². The molecule has 0 atom stereocenters. The molecule has 0 unspecified atom stereocenters. The van der Waals surface area contributed by atoms with Crippen molar-refractivity contribution in [3.63, 3.8) is 0 Å². The Labute approximate surface area is 91.1 Å². The maximum absolute atomic E-state index is 13.6. The van der Waals surface area contributed by atoms with Gasteiger partial charge in [-0.05, 0) is 12.1 Å². The highest BCUT2D eigenvalue weighted by Crippen LogP contribution is 2.29. The lowest BCUT2D eigenvalue weighted by Crippen LogP contribution is -1.93. The fraction of sp³-hybridized carbons (Fsp3) is 0.0909. The molecule has 0 aliphatic rings. The summed E-state index contributed by atoms with van der Waals surface area (Å²) in [6.45, 7) is 0. The average molecular weight is 220 g/mol. The third kappa shape index (κ3) is 1.67. The van der Waals surface area contributed by atoms with Gasteiger partial charge in [-0.25, -0.2) is 9.37 Å². The van der Waals surface area contributed by atoms with Gasteiger partial charge in [0.25, 0.3) is 0 Å². The smallest absolute Gasteiger partial charge is 0.167 e. The number of aromatic nitrogens is 2. The van der Waals surface area contributed by atoms with Gasteiger partial charge in [-0.15, -0.1) is 0 Å². The molecule has 1 aromatic carbocycles. The lowest BCUT2D eigenvalue weighted by Gasteiger charge is -2.06. The molecular formula is C11H9FN2O2. The molecule has 1 aromatic heterocycles. The van der Waals surface area contributed by atoms with Gasteiger partial charge in [-0.2, -0.15) is 0 Å². The van der Waals surface area contributed by atoms with E-state index in [0.717, 1.165) is 0 Å². The van der Waals surface area contributed by atoms with E-state index in [1.807, 2.05) is 0 Å². The topological polar surface area (TPSA) is 55.0 Å². The van der Waals surface area contributed by atoms with Gasteiger partial charge in [-0.1, -0.05) is 6.07 Å². The zero-order valence-corrected chi connectivity index (χ0v) is 8.53. The van der Waals surface area contributed by atoms with Crippen LogP contribution in [0.15, 0.2) is 24.4 Å². The standard InChI is InChI=1S/C11H9FN2O2/c1-16-9-4-2-3-8(12)10(9)11-13-5-7(6-15)14-11/h2-6H,1H3,(H,13,14). The molecule has 0 fully saturated rings. The molecule has 4 nitrogen and oxygen atoms in total. The van der Waals surface area contributed by atoms with Crippen LogP contribution in [0.25, 0.3) is 11.4 Å². The molecule has 1 N–H and O–H groups in total. The van der Waals surface area contributed by atoms with Crippen LogP contribution in [0, 0.1) is 5.82 Å². The van der Waals surface area contributed by atoms with Crippen LogP contribution in [0.5, 0.6) is 5.75 Å². The first-order valence-corrected chi connectivity index (χ1v) is 4.59. The molecule has 2 rings (SSSR count). The SMILES string of the molecule is COc1cccc(F)c1-c1ncc(C=O)[nH]1. The van der Waals surface area contributed by atoms with E-state index in [0.29, 0.717) is 17.7 Å². The molecule has 0 amide bonds. The largest absolute Gasteiger partial charge is 0.496 e. The van der Waals surface area contributed by atoms with E-state index in [9.17, 15) is 9.18 Å². The van der Waals surface area contributed by atoms with Gasteiger partial charge in [0.1, 0.15) is 17.4 Å². The Balaban J connectivity index is 2.57. The second-order valence-corrected chi connectivity index (χ2v) is 3.12. The number of ether oxygens (including phenoxy) is 1. The zero-order chi connectivity index (χ0) is 11.5. The minimum atomic E-state index is -0.453. The van der Waals surface area contributed by atoms with Gasteiger partial charge in [0.2, 0.25) is 0 Å². The molecule has 0 radical (unpaired) electrons. The van der Waals surface area contributed by atoms with E-state index in [1.54, 1.807) is 12.1 Å². The third-order valence-electron chi connectivity index (χ3n) is 2.15. The highest BCUT2D eigenvalue weighted by Gasteiger charge is 2.14. The summed E-state index contributed by atoms with van der Waals surface area (Å²) < 4.78 is 18.6. The summed E-state index contributed by atoms with van der Waals surface area (Å²) in [5, 5.41) is 0. The molecular weight excluding hydrogens is 211 g/mol. The molecule has 5 heteroatoms. The zero-order valence-electron chi connectivity index (χ0n) is 8.53. The predicted molar refractivity (Wildman–Crippen MR) is 55.9 cm³/mol. The lowest BCUT2D eigenvalue weighted by atomic mass is 10.2. The summed E-state index contributed by atoms with van der Waals surface area (Å²) in [6, 6.07) is 4.48. The van der Waals surface area contributed by atoms with E-state index in [4.69, 9.17) is 4.74 Å². The number of rotatable bonds is 3. The van der Waals surface area contributed by atoms with Crippen LogP contribution >= 0.6 is 0 Å². The monoisotopic (exact) mass is 220 g/mol. The molecule has 2 aromatic rings. The molecule has 0 aliphatic heterocycles. The summed E-state index contributed by atoms with van der Waals surface area (Å²) in [7, 11) is 1.45. The summed E-state index contributed by atoms with van der Waals surface area (Å²) in [4.78, 5) is 17.1. The lowest BCUT2D eigenvalue weighted by molar-refractivity contribution is 0.111. The van der Waals surface area contributed by atoms with Crippen LogP contribution in [-0.4, -0.2) is 23.4 Å². The number of aromatic amines is 1. The van der Waals surface area contributed by atoms with Gasteiger partial charge in [0.05, 0.1) is 24.6 Å². The van der Waals surface area contributed by atoms with Gasteiger partial charge < -0.3 is 9.72 Å². The van der Waals surface area contributed by atoms with Crippen LogP contribution in [0.2, 0.25) is 0 Å². The maximum Gasteiger partial charge on any atom is 0.167 e. The summed E-state index contributed by atoms with van der Waals surface area (Å²) in [5.74, 6) is 0.190. The Morgan fingerprint density at radius 1 is 1.50 bits per heavy atom. The van der Waals surface area contributed by atoms with Crippen LogP contribution in [-0.2, 0) is 0 Å². The number of H-pyrrole nitrogens is 1. The number of imidazole rings is 1. The van der Waals surface area contributed by atoms with E-state index in [-0.39, 0.29) is 11.4 Å². The van der Waals surface area contributed by atoms with Crippen LogP contribution in [0.1, 0.15) is 10.5 Å². The Kier molecular flexibility index (Phi) is 2.68. The van der Waals surface area contributed by atoms with E-state index in [1.165, 1.54) is 19.4 Å². The number of benzene rings is 1. The highest BCUT2D eigenvalue weighted by atomic mass is 19.1. The Morgan fingerprint density at radius 3 is 2.94 bits per heavy atom. The number of aldehydes is 1. The van der Waals surface area contributed by atoms with Crippen LogP contribution in [0.4, 0.5) is 4.39 Å². The van der Waals surface area contributed by atoms with Gasteiger partial charge in [-0.3, -0.25) is 4.79 Å². The molecule has 0 aliphatic carbocycles. The Hall–Kier alpha value is -2.17. The molecule has 1 heterocycles. The Bertz CT molecular complexity index is 522. The highest BCUT2D eigenvalue weighted by molar-refractivity contribution is 5.74. The predicted octanol–water partition coefficient (Wildman–Crippen LogP) is 2.04. The first-order valence-electron chi connectivity index (χ1n) is 4.59. The number of hydrogen-bond acceptors (Lipinski definition) is 3. The molecule has 0 saturated carbocycles. The third-order valence-corrected chi connectivity index (χ3v) is 2.15. The number of methoxy groups -OCH3 is 1. The second-order valence-electron chi connectivity index (χ2n) is 3.12. The van der Waals surface area contributed by atoms with E-state index in [2.05, 4.69) is 9.97 Å². The van der Waals surface area contributed by atoms with Crippen molar-refractivity contribution >= 4 is 6.29 Å². The van der Waals surface area contributed by atoms with E-state index < -0.39 is 5.82 Å². The fourth-order valence-electron chi connectivity index (χ4n) is 1.43. The summed E-state index contributed by atoms with van der Waals surface area (Å²) >= 11 is 0. The normalized spacial score (nSPS) is 10.1. The van der Waals surface area contributed by atoms with Gasteiger partial charge in [0, 0.05) is 0 Å². The first-order chi connectivity index (χ1) is 7.76. The van der Waals surface area contributed by atoms with E-state index >= 15 is 0 Å². The number of hydrogen-bond donors (Lipinski definition) is 1. The quantitative estimate of drug-likeness (QED) is 0.805. The molecule has 82 valence electrons. The number of nitrogens with one attached hydrogen (secondary N) is 1. The second kappa shape index (κ2) is 4.14. The number of carbonyl (C=O) groups is 1. The van der Waals surface area contributed by atoms with Crippen molar-refractivity contribution in [3.8, 4) is 17.1 Å². The first kappa shape index (κ1) is 10.4. The van der Waals surface area contributed by atoms with Crippen molar-refractivity contribution in [1.82, 2.24) is 9.97 Å². The van der Waals surface area contributed by atoms with Crippen LogP contribution in [0.3, 0.4) is 0 Å². The van der Waals surface area contributed by atoms with Crippen molar-refractivity contribution < 1.29 is 13.9 Å². The molecule has 16 heavy (non-hydrogen) atoms. The van der Waals surface area contributed by atoms with Crippen molar-refractivity contribution in [2.24, 2.45) is 0 Å². The van der Waals surface area contributed by atoms with Gasteiger partial charge >= 0.3 is 0 Å². The Morgan fingerprint density at radius 2 is 2.31 bits per heavy atom. The average Bonchev–Trinajstić information content (AvgIpc) is 2.76. The minimum absolute atomic E-state index is 0.220. The fourth-order valence-corrected chi connectivity index (χ4v) is 1.43. The summed E-state index contributed by atoms with van der Waals surface area (Å²) in [5.41, 5.74) is 0.512. The minimum Gasteiger partial charge on any atom is -0.496 e. The number of halogens is 1. The van der Waals surface area contributed by atoms with Crippen molar-refractivity contribution in [2.75, 3.05) is 7.11 Å². The number of carbonyl (C=O) groups excluding carboxylic acids is 1. The van der Waals surface area contributed by atoms with Gasteiger partial charge in [0.15, 0.2) is 6.29 Å². The molecule has 0 bridgehead atoms. The number of nitrogens with zero attached hydrogens (tertiary/aromatic N) is 1. The summed E-state index contributed by atoms with van der Waals surface area (Å²) in [6.07, 6.45) is 1.96.